The second kappa shape index (κ2) is 5.17. The molecule has 0 aliphatic heterocycles. The highest BCUT2D eigenvalue weighted by Crippen LogP contribution is 2.32. The second-order valence-corrected chi connectivity index (χ2v) is 4.80. The summed E-state index contributed by atoms with van der Waals surface area (Å²) in [5.41, 5.74) is 1.36. The van der Waals surface area contributed by atoms with Crippen LogP contribution in [0.15, 0.2) is 18.2 Å². The molecule has 0 aliphatic rings. The number of aldehydes is 1. The van der Waals surface area contributed by atoms with Crippen LogP contribution in [0.5, 0.6) is 10.9 Å². The number of nitrogens with zero attached hydrogens (tertiary/aromatic N) is 2. The van der Waals surface area contributed by atoms with Crippen molar-refractivity contribution >= 4 is 29.2 Å². The average molecular weight is 279 g/mol. The highest BCUT2D eigenvalue weighted by molar-refractivity contribution is 7.15. The zero-order valence-corrected chi connectivity index (χ0v) is 10.9. The van der Waals surface area contributed by atoms with Crippen molar-refractivity contribution in [3.8, 4) is 17.0 Å². The van der Waals surface area contributed by atoms with Crippen LogP contribution in [0.1, 0.15) is 20.8 Å². The fraction of sp³-hybridized carbons (Fsp3) is 0.0833. The van der Waals surface area contributed by atoms with E-state index in [-0.39, 0.29) is 10.3 Å². The number of carbonyl (C=O) groups is 1. The van der Waals surface area contributed by atoms with Crippen molar-refractivity contribution in [2.45, 2.75) is 6.92 Å². The van der Waals surface area contributed by atoms with Gasteiger partial charge in [-0.05, 0) is 24.6 Å². The van der Waals surface area contributed by atoms with Crippen molar-refractivity contribution in [1.29, 1.82) is 5.26 Å². The van der Waals surface area contributed by atoms with Crippen LogP contribution < -0.4 is 4.74 Å². The number of hydrogen-bond donors (Lipinski definition) is 0. The Labute approximate surface area is 112 Å². The maximum atomic E-state index is 10.6. The number of halogens is 1. The molecule has 1 aromatic heterocycles. The predicted molar refractivity (Wildman–Crippen MR) is 68.5 cm³/mol. The average Bonchev–Trinajstić information content (AvgIpc) is 2.72. The maximum absolute atomic E-state index is 10.6. The third kappa shape index (κ3) is 2.50. The molecule has 0 saturated heterocycles. The number of thiazole rings is 1. The Balaban J connectivity index is 2.33. The number of ether oxygens (including phenoxy) is 1. The van der Waals surface area contributed by atoms with Crippen molar-refractivity contribution in [1.82, 2.24) is 4.98 Å². The zero-order valence-electron chi connectivity index (χ0n) is 9.31. The normalized spacial score (nSPS) is 9.83. The van der Waals surface area contributed by atoms with Gasteiger partial charge in [-0.2, -0.15) is 10.2 Å². The first-order valence-electron chi connectivity index (χ1n) is 4.94. The standard InChI is InChI=1S/C12H7ClN2O2S/c1-7-2-3-8(5-14)4-9(7)17-12-15-11(13)10(6-16)18-12/h2-4,6H,1H3. The van der Waals surface area contributed by atoms with E-state index in [9.17, 15) is 4.79 Å². The molecule has 0 N–H and O–H groups in total. The van der Waals surface area contributed by atoms with Gasteiger partial charge in [-0.3, -0.25) is 4.79 Å². The summed E-state index contributed by atoms with van der Waals surface area (Å²) >= 11 is 6.81. The van der Waals surface area contributed by atoms with Gasteiger partial charge in [0.05, 0.1) is 11.6 Å². The molecule has 0 atom stereocenters. The fourth-order valence-electron chi connectivity index (χ4n) is 1.28. The van der Waals surface area contributed by atoms with E-state index >= 15 is 0 Å². The van der Waals surface area contributed by atoms with Crippen molar-refractivity contribution in [2.75, 3.05) is 0 Å². The SMILES string of the molecule is Cc1ccc(C#N)cc1Oc1nc(Cl)c(C=O)s1. The first-order chi connectivity index (χ1) is 8.63. The lowest BCUT2D eigenvalue weighted by Gasteiger charge is -2.05. The molecular formula is C12H7ClN2O2S. The molecule has 90 valence electrons. The molecule has 1 heterocycles. The second-order valence-electron chi connectivity index (χ2n) is 3.45. The number of benzene rings is 1. The topological polar surface area (TPSA) is 63.0 Å². The molecule has 2 rings (SSSR count). The van der Waals surface area contributed by atoms with Crippen molar-refractivity contribution in [2.24, 2.45) is 0 Å². The molecule has 0 spiro atoms. The van der Waals surface area contributed by atoms with Crippen molar-refractivity contribution < 1.29 is 9.53 Å². The molecule has 2 aromatic rings. The summed E-state index contributed by atoms with van der Waals surface area (Å²) in [7, 11) is 0. The van der Waals surface area contributed by atoms with Crippen LogP contribution in [0.3, 0.4) is 0 Å². The Morgan fingerprint density at radius 2 is 2.33 bits per heavy atom. The highest BCUT2D eigenvalue weighted by Gasteiger charge is 2.11. The number of aromatic nitrogens is 1. The summed E-state index contributed by atoms with van der Waals surface area (Å²) < 4.78 is 5.53. The minimum Gasteiger partial charge on any atom is -0.431 e. The summed E-state index contributed by atoms with van der Waals surface area (Å²) in [4.78, 5) is 14.9. The smallest absolute Gasteiger partial charge is 0.280 e. The lowest BCUT2D eigenvalue weighted by atomic mass is 10.1. The number of aryl methyl sites for hydroxylation is 1. The van der Waals surface area contributed by atoms with Crippen molar-refractivity contribution in [3.05, 3.63) is 39.4 Å². The van der Waals surface area contributed by atoms with Gasteiger partial charge < -0.3 is 4.74 Å². The van der Waals surface area contributed by atoms with Crippen LogP contribution in [0.25, 0.3) is 0 Å². The highest BCUT2D eigenvalue weighted by atomic mass is 35.5. The van der Waals surface area contributed by atoms with E-state index in [1.807, 2.05) is 13.0 Å². The zero-order chi connectivity index (χ0) is 13.1. The van der Waals surface area contributed by atoms with E-state index in [2.05, 4.69) is 4.98 Å². The molecule has 0 bridgehead atoms. The number of hydrogen-bond acceptors (Lipinski definition) is 5. The van der Waals surface area contributed by atoms with Gasteiger partial charge in [0.1, 0.15) is 10.6 Å². The largest absolute Gasteiger partial charge is 0.431 e. The first-order valence-corrected chi connectivity index (χ1v) is 6.13. The van der Waals surface area contributed by atoms with Gasteiger partial charge in [0.25, 0.3) is 5.19 Å². The van der Waals surface area contributed by atoms with Crippen LogP contribution in [0.2, 0.25) is 5.15 Å². The van der Waals surface area contributed by atoms with E-state index in [1.54, 1.807) is 18.2 Å². The van der Waals surface area contributed by atoms with Gasteiger partial charge in [0.15, 0.2) is 11.4 Å². The molecule has 1 aromatic carbocycles. The molecule has 0 radical (unpaired) electrons. The van der Waals surface area contributed by atoms with Crippen LogP contribution in [-0.4, -0.2) is 11.3 Å². The van der Waals surface area contributed by atoms with Crippen molar-refractivity contribution in [3.63, 3.8) is 0 Å². The number of carbonyl (C=O) groups excluding carboxylic acids is 1. The van der Waals surface area contributed by atoms with Gasteiger partial charge in [0.2, 0.25) is 0 Å². The van der Waals surface area contributed by atoms with Gasteiger partial charge in [-0.15, -0.1) is 0 Å². The van der Waals surface area contributed by atoms with Crippen LogP contribution in [-0.2, 0) is 0 Å². The van der Waals surface area contributed by atoms with Crippen LogP contribution in [0, 0.1) is 18.3 Å². The fourth-order valence-corrected chi connectivity index (χ4v) is 2.21. The first kappa shape index (κ1) is 12.6. The molecule has 0 saturated carbocycles. The van der Waals surface area contributed by atoms with E-state index in [0.717, 1.165) is 16.9 Å². The molecule has 0 fully saturated rings. The summed E-state index contributed by atoms with van der Waals surface area (Å²) in [6, 6.07) is 7.13. The minimum absolute atomic E-state index is 0.124. The lowest BCUT2D eigenvalue weighted by molar-refractivity contribution is 0.112. The van der Waals surface area contributed by atoms with Gasteiger partial charge >= 0.3 is 0 Å². The molecule has 6 heteroatoms. The monoisotopic (exact) mass is 278 g/mol. The van der Waals surface area contributed by atoms with E-state index in [0.29, 0.717) is 22.5 Å². The number of rotatable bonds is 3. The Morgan fingerprint density at radius 1 is 1.56 bits per heavy atom. The molecule has 18 heavy (non-hydrogen) atoms. The van der Waals surface area contributed by atoms with E-state index < -0.39 is 0 Å². The summed E-state index contributed by atoms with van der Waals surface area (Å²) in [6.45, 7) is 1.85. The Bertz CT molecular complexity index is 646. The molecule has 0 aliphatic carbocycles. The summed E-state index contributed by atoms with van der Waals surface area (Å²) in [5, 5.41) is 9.22. The van der Waals surface area contributed by atoms with E-state index in [4.69, 9.17) is 21.6 Å². The predicted octanol–water partition coefficient (Wildman–Crippen LogP) is 3.58. The molecular weight excluding hydrogens is 272 g/mol. The Hall–Kier alpha value is -1.90. The third-order valence-corrected chi connectivity index (χ3v) is 3.47. The molecule has 0 unspecified atom stereocenters. The molecule has 4 nitrogen and oxygen atoms in total. The van der Waals surface area contributed by atoms with Gasteiger partial charge in [-0.1, -0.05) is 29.0 Å². The Kier molecular flexibility index (Phi) is 3.60. The molecule has 0 amide bonds. The quantitative estimate of drug-likeness (QED) is 0.805. The number of nitriles is 1. The minimum atomic E-state index is 0.124. The van der Waals surface area contributed by atoms with E-state index in [1.165, 1.54) is 0 Å². The van der Waals surface area contributed by atoms with Gasteiger partial charge in [0, 0.05) is 0 Å². The maximum Gasteiger partial charge on any atom is 0.280 e. The third-order valence-electron chi connectivity index (χ3n) is 2.21. The van der Waals surface area contributed by atoms with Gasteiger partial charge in [-0.25, -0.2) is 0 Å². The summed E-state index contributed by atoms with van der Waals surface area (Å²) in [5.74, 6) is 0.525. The Morgan fingerprint density at radius 3 is 2.94 bits per heavy atom. The van der Waals surface area contributed by atoms with Crippen LogP contribution in [0.4, 0.5) is 0 Å². The lowest BCUT2D eigenvalue weighted by Crippen LogP contribution is -1.88. The van der Waals surface area contributed by atoms with Crippen LogP contribution >= 0.6 is 22.9 Å². The summed E-state index contributed by atoms with van der Waals surface area (Å²) in [6.07, 6.45) is 0.630.